The van der Waals surface area contributed by atoms with Crippen molar-refractivity contribution in [3.63, 3.8) is 0 Å². The second-order valence-corrected chi connectivity index (χ2v) is 7.10. The number of carbonyl (C=O) groups excluding carboxylic acids is 1. The Morgan fingerprint density at radius 2 is 1.96 bits per heavy atom. The number of nitrogens with one attached hydrogen (secondary N) is 1. The Morgan fingerprint density at radius 3 is 2.68 bits per heavy atom. The van der Waals surface area contributed by atoms with Crippen LogP contribution in [-0.4, -0.2) is 42.2 Å². The van der Waals surface area contributed by atoms with Crippen LogP contribution < -0.4 is 11.1 Å². The van der Waals surface area contributed by atoms with E-state index in [4.69, 9.17) is 5.73 Å². The van der Waals surface area contributed by atoms with Crippen LogP contribution in [-0.2, 0) is 11.3 Å². The van der Waals surface area contributed by atoms with E-state index in [0.717, 1.165) is 70.4 Å². The number of hydrogen-bond acceptors (Lipinski definition) is 4. The van der Waals surface area contributed by atoms with Gasteiger partial charge in [0.2, 0.25) is 5.91 Å². The molecule has 1 heterocycles. The Morgan fingerprint density at radius 1 is 1.20 bits per heavy atom. The molecule has 0 unspecified atom stereocenters. The highest BCUT2D eigenvalue weighted by Gasteiger charge is 2.18. The van der Waals surface area contributed by atoms with Gasteiger partial charge in [-0.1, -0.05) is 25.0 Å². The van der Waals surface area contributed by atoms with E-state index in [1.807, 2.05) is 12.1 Å². The summed E-state index contributed by atoms with van der Waals surface area (Å²) in [5.74, 6) is 0.556. The molecule has 0 bridgehead atoms. The number of hydrogen-bond donors (Lipinski definition) is 3. The number of amides is 1. The van der Waals surface area contributed by atoms with Gasteiger partial charge in [0.15, 0.2) is 0 Å². The molecule has 0 aliphatic carbocycles. The second-order valence-electron chi connectivity index (χ2n) is 7.10. The topological polar surface area (TPSA) is 78.6 Å². The van der Waals surface area contributed by atoms with Crippen molar-refractivity contribution in [1.29, 1.82) is 0 Å². The van der Waals surface area contributed by atoms with E-state index in [2.05, 4.69) is 22.3 Å². The van der Waals surface area contributed by atoms with Gasteiger partial charge in [-0.05, 0) is 68.9 Å². The van der Waals surface area contributed by atoms with Crippen molar-refractivity contribution in [3.8, 4) is 0 Å². The third-order valence-corrected chi connectivity index (χ3v) is 4.94. The van der Waals surface area contributed by atoms with Crippen molar-refractivity contribution in [2.45, 2.75) is 51.5 Å². The number of rotatable bonds is 10. The molecule has 1 fully saturated rings. The Hall–Kier alpha value is -1.43. The number of piperidine rings is 1. The number of nitrogens with zero attached hydrogens (tertiary/aromatic N) is 1. The Bertz CT molecular complexity index is 513. The first-order chi connectivity index (χ1) is 12.2. The van der Waals surface area contributed by atoms with E-state index in [0.29, 0.717) is 18.9 Å². The van der Waals surface area contributed by atoms with Crippen LogP contribution in [0.25, 0.3) is 0 Å². The van der Waals surface area contributed by atoms with Crippen molar-refractivity contribution < 1.29 is 9.90 Å². The van der Waals surface area contributed by atoms with E-state index in [-0.39, 0.29) is 5.91 Å². The highest BCUT2D eigenvalue weighted by molar-refractivity contribution is 5.90. The molecule has 1 amide bonds. The Balaban J connectivity index is 1.74. The molecule has 0 radical (unpaired) electrons. The molecule has 1 aromatic rings. The van der Waals surface area contributed by atoms with E-state index >= 15 is 0 Å². The summed E-state index contributed by atoms with van der Waals surface area (Å²) >= 11 is 0. The average molecular weight is 348 g/mol. The van der Waals surface area contributed by atoms with Gasteiger partial charge in [-0.2, -0.15) is 0 Å². The SMILES string of the molecule is NCCCCCCC(=O)Nc1cccc(CN2CCC(CO)CC2)c1. The molecule has 1 aliphatic heterocycles. The number of aliphatic hydroxyl groups excluding tert-OH is 1. The fourth-order valence-corrected chi connectivity index (χ4v) is 3.34. The van der Waals surface area contributed by atoms with Crippen LogP contribution >= 0.6 is 0 Å². The summed E-state index contributed by atoms with van der Waals surface area (Å²) in [4.78, 5) is 14.5. The molecule has 5 nitrogen and oxygen atoms in total. The minimum Gasteiger partial charge on any atom is -0.396 e. The zero-order valence-corrected chi connectivity index (χ0v) is 15.3. The fraction of sp³-hybridized carbons (Fsp3) is 0.650. The van der Waals surface area contributed by atoms with E-state index < -0.39 is 0 Å². The molecule has 140 valence electrons. The molecule has 0 atom stereocenters. The Kier molecular flexibility index (Phi) is 8.94. The minimum absolute atomic E-state index is 0.0914. The maximum absolute atomic E-state index is 12.0. The van der Waals surface area contributed by atoms with E-state index in [9.17, 15) is 9.90 Å². The lowest BCUT2D eigenvalue weighted by Crippen LogP contribution is -2.34. The van der Waals surface area contributed by atoms with Crippen LogP contribution in [0.4, 0.5) is 5.69 Å². The first-order valence-corrected chi connectivity index (χ1v) is 9.63. The van der Waals surface area contributed by atoms with Crippen LogP contribution in [0, 0.1) is 5.92 Å². The molecule has 4 N–H and O–H groups in total. The summed E-state index contributed by atoms with van der Waals surface area (Å²) in [5.41, 5.74) is 7.58. The molecular formula is C20H33N3O2. The van der Waals surface area contributed by atoms with Crippen molar-refractivity contribution >= 4 is 11.6 Å². The molecule has 0 saturated carbocycles. The predicted molar refractivity (Wildman–Crippen MR) is 102 cm³/mol. The van der Waals surface area contributed by atoms with Crippen LogP contribution in [0.1, 0.15) is 50.5 Å². The van der Waals surface area contributed by atoms with E-state index in [1.54, 1.807) is 0 Å². The molecule has 1 aliphatic rings. The van der Waals surface area contributed by atoms with E-state index in [1.165, 1.54) is 5.56 Å². The number of carbonyl (C=O) groups is 1. The van der Waals surface area contributed by atoms with Crippen molar-refractivity contribution in [3.05, 3.63) is 29.8 Å². The number of aliphatic hydroxyl groups is 1. The normalized spacial score (nSPS) is 16.1. The number of nitrogens with two attached hydrogens (primary N) is 1. The number of anilines is 1. The first kappa shape index (κ1) is 19.9. The highest BCUT2D eigenvalue weighted by Crippen LogP contribution is 2.20. The van der Waals surface area contributed by atoms with Gasteiger partial charge in [0.1, 0.15) is 0 Å². The van der Waals surface area contributed by atoms with Crippen LogP contribution in [0.5, 0.6) is 0 Å². The van der Waals surface area contributed by atoms with Crippen molar-refractivity contribution in [1.82, 2.24) is 4.90 Å². The number of benzene rings is 1. The lowest BCUT2D eigenvalue weighted by molar-refractivity contribution is -0.116. The fourth-order valence-electron chi connectivity index (χ4n) is 3.34. The molecular weight excluding hydrogens is 314 g/mol. The quantitative estimate of drug-likeness (QED) is 0.569. The van der Waals surface area contributed by atoms with Crippen molar-refractivity contribution in [2.75, 3.05) is 31.6 Å². The molecule has 25 heavy (non-hydrogen) atoms. The Labute approximate surface area is 151 Å². The zero-order valence-electron chi connectivity index (χ0n) is 15.3. The summed E-state index contributed by atoms with van der Waals surface area (Å²) in [5, 5.41) is 12.2. The maximum atomic E-state index is 12.0. The summed E-state index contributed by atoms with van der Waals surface area (Å²) in [6.07, 6.45) is 6.84. The maximum Gasteiger partial charge on any atom is 0.224 e. The summed E-state index contributed by atoms with van der Waals surface area (Å²) < 4.78 is 0. The molecule has 5 heteroatoms. The van der Waals surface area contributed by atoms with Crippen molar-refractivity contribution in [2.24, 2.45) is 11.7 Å². The summed E-state index contributed by atoms with van der Waals surface area (Å²) in [7, 11) is 0. The lowest BCUT2D eigenvalue weighted by atomic mass is 9.97. The zero-order chi connectivity index (χ0) is 17.9. The smallest absolute Gasteiger partial charge is 0.224 e. The molecule has 1 saturated heterocycles. The molecule has 0 spiro atoms. The third-order valence-electron chi connectivity index (χ3n) is 4.94. The van der Waals surface area contributed by atoms with Gasteiger partial charge in [0, 0.05) is 25.3 Å². The van der Waals surface area contributed by atoms with Gasteiger partial charge in [-0.25, -0.2) is 0 Å². The standard InChI is InChI=1S/C20H33N3O2/c21-11-4-2-1-3-8-20(25)22-19-7-5-6-18(14-19)15-23-12-9-17(16-24)10-13-23/h5-7,14,17,24H,1-4,8-13,15-16,21H2,(H,22,25). The molecule has 1 aromatic carbocycles. The monoisotopic (exact) mass is 347 g/mol. The molecule has 2 rings (SSSR count). The molecule has 0 aromatic heterocycles. The van der Waals surface area contributed by atoms with Gasteiger partial charge in [-0.3, -0.25) is 9.69 Å². The average Bonchev–Trinajstić information content (AvgIpc) is 2.62. The highest BCUT2D eigenvalue weighted by atomic mass is 16.3. The van der Waals surface area contributed by atoms with Crippen LogP contribution in [0.2, 0.25) is 0 Å². The first-order valence-electron chi connectivity index (χ1n) is 9.63. The largest absolute Gasteiger partial charge is 0.396 e. The number of likely N-dealkylation sites (tertiary alicyclic amines) is 1. The predicted octanol–water partition coefficient (Wildman–Crippen LogP) is 2.74. The van der Waals surface area contributed by atoms with Gasteiger partial charge >= 0.3 is 0 Å². The lowest BCUT2D eigenvalue weighted by Gasteiger charge is -2.31. The van der Waals surface area contributed by atoms with Gasteiger partial charge < -0.3 is 16.2 Å². The second kappa shape index (κ2) is 11.2. The summed E-state index contributed by atoms with van der Waals surface area (Å²) in [6.45, 7) is 4.01. The van der Waals surface area contributed by atoms with Crippen LogP contribution in [0.15, 0.2) is 24.3 Å². The van der Waals surface area contributed by atoms with Gasteiger partial charge in [0.25, 0.3) is 0 Å². The summed E-state index contributed by atoms with van der Waals surface area (Å²) in [6, 6.07) is 8.14. The minimum atomic E-state index is 0.0914. The number of unbranched alkanes of at least 4 members (excludes halogenated alkanes) is 3. The third kappa shape index (κ3) is 7.55. The van der Waals surface area contributed by atoms with Gasteiger partial charge in [-0.15, -0.1) is 0 Å². The van der Waals surface area contributed by atoms with Gasteiger partial charge in [0.05, 0.1) is 0 Å². The van der Waals surface area contributed by atoms with Crippen LogP contribution in [0.3, 0.4) is 0 Å².